The van der Waals surface area contributed by atoms with E-state index in [1.165, 1.54) is 6.08 Å². The summed E-state index contributed by atoms with van der Waals surface area (Å²) in [5.41, 5.74) is 8.54. The lowest BCUT2D eigenvalue weighted by atomic mass is 9.98. The van der Waals surface area contributed by atoms with E-state index in [1.54, 1.807) is 0 Å². The van der Waals surface area contributed by atoms with Gasteiger partial charge in [0.2, 0.25) is 0 Å². The zero-order chi connectivity index (χ0) is 16.7. The van der Waals surface area contributed by atoms with E-state index < -0.39 is 8.32 Å². The van der Waals surface area contributed by atoms with Crippen LogP contribution in [-0.4, -0.2) is 26.7 Å². The van der Waals surface area contributed by atoms with Crippen molar-refractivity contribution in [3.05, 3.63) is 23.1 Å². The molecular formula is C15H29N3O2Si. The van der Waals surface area contributed by atoms with Crippen LogP contribution in [0.15, 0.2) is 17.8 Å². The molecule has 6 heteroatoms. The molecule has 0 unspecified atom stereocenters. The highest BCUT2D eigenvalue weighted by Gasteiger charge is 2.39. The first-order valence-electron chi connectivity index (χ1n) is 7.37. The van der Waals surface area contributed by atoms with Crippen LogP contribution in [0.5, 0.6) is 0 Å². The number of hydrogen-bond acceptors (Lipinski definition) is 3. The highest BCUT2D eigenvalue weighted by molar-refractivity contribution is 6.74. The summed E-state index contributed by atoms with van der Waals surface area (Å²) in [7, 11) is -1.92. The number of nitrogens with zero attached hydrogens (tertiary/aromatic N) is 3. The molecule has 0 aromatic rings. The van der Waals surface area contributed by atoms with Crippen LogP contribution in [0.2, 0.25) is 18.1 Å². The van der Waals surface area contributed by atoms with Crippen LogP contribution >= 0.6 is 0 Å². The summed E-state index contributed by atoms with van der Waals surface area (Å²) in [6, 6.07) is 0. The van der Waals surface area contributed by atoms with Gasteiger partial charge in [-0.1, -0.05) is 39.4 Å². The Morgan fingerprint density at radius 1 is 1.48 bits per heavy atom. The molecule has 0 bridgehead atoms. The highest BCUT2D eigenvalue weighted by atomic mass is 28.4. The van der Waals surface area contributed by atoms with Crippen molar-refractivity contribution in [1.29, 1.82) is 0 Å². The molecule has 0 rings (SSSR count). The van der Waals surface area contributed by atoms with Gasteiger partial charge in [-0.15, -0.1) is 0 Å². The highest BCUT2D eigenvalue weighted by Crippen LogP contribution is 2.38. The second-order valence-corrected chi connectivity index (χ2v) is 11.9. The molecule has 0 aliphatic rings. The van der Waals surface area contributed by atoms with E-state index in [0.29, 0.717) is 19.4 Å². The molecule has 0 spiro atoms. The zero-order valence-corrected chi connectivity index (χ0v) is 15.2. The smallest absolute Gasteiger partial charge is 0.192 e. The summed E-state index contributed by atoms with van der Waals surface area (Å²) in [6.07, 6.45) is 2.39. The molecule has 0 aliphatic heterocycles. The molecule has 21 heavy (non-hydrogen) atoms. The number of hydrogen-bond donors (Lipinski definition) is 0. The van der Waals surface area contributed by atoms with Gasteiger partial charge in [-0.2, -0.15) is 0 Å². The Morgan fingerprint density at radius 2 is 2.05 bits per heavy atom. The van der Waals surface area contributed by atoms with E-state index in [-0.39, 0.29) is 22.8 Å². The molecule has 0 fully saturated rings. The molecular weight excluding hydrogens is 282 g/mol. The first kappa shape index (κ1) is 19.9. The summed E-state index contributed by atoms with van der Waals surface area (Å²) < 4.78 is 6.33. The third-order valence-corrected chi connectivity index (χ3v) is 8.59. The van der Waals surface area contributed by atoms with Gasteiger partial charge < -0.3 is 4.43 Å². The number of allylic oxidation sites excluding steroid dienone is 1. The van der Waals surface area contributed by atoms with Gasteiger partial charge in [0, 0.05) is 11.3 Å². The average Bonchev–Trinajstić information content (AvgIpc) is 2.33. The normalized spacial score (nSPS) is 15.0. The van der Waals surface area contributed by atoms with Gasteiger partial charge >= 0.3 is 0 Å². The summed E-state index contributed by atoms with van der Waals surface area (Å²) in [5, 5.41) is 3.76. The summed E-state index contributed by atoms with van der Waals surface area (Å²) in [5.74, 6) is 0.219. The molecule has 0 saturated heterocycles. The van der Waals surface area contributed by atoms with Crippen LogP contribution in [-0.2, 0) is 9.22 Å². The number of azide groups is 1. The van der Waals surface area contributed by atoms with Gasteiger partial charge in [0.25, 0.3) is 0 Å². The lowest BCUT2D eigenvalue weighted by molar-refractivity contribution is -0.115. The SMILES string of the molecule is C=CC(=O)C[C@@H](C)C[C@H](CN=[N+]=[N-])O[Si](C)(C)C(C)(C)C. The summed E-state index contributed by atoms with van der Waals surface area (Å²) >= 11 is 0. The van der Waals surface area contributed by atoms with Crippen molar-refractivity contribution >= 4 is 14.1 Å². The number of rotatable bonds is 9. The largest absolute Gasteiger partial charge is 0.414 e. The van der Waals surface area contributed by atoms with Crippen molar-refractivity contribution < 1.29 is 9.22 Å². The lowest BCUT2D eigenvalue weighted by Gasteiger charge is -2.39. The van der Waals surface area contributed by atoms with Crippen molar-refractivity contribution in [2.24, 2.45) is 11.0 Å². The third kappa shape index (κ3) is 7.46. The summed E-state index contributed by atoms with van der Waals surface area (Å²) in [4.78, 5) is 14.3. The Labute approximate surface area is 129 Å². The Kier molecular flexibility index (Phi) is 7.93. The van der Waals surface area contributed by atoms with E-state index in [9.17, 15) is 4.79 Å². The molecule has 0 N–H and O–H groups in total. The molecule has 2 atom stereocenters. The maximum absolute atomic E-state index is 11.4. The second kappa shape index (κ2) is 8.37. The Balaban J connectivity index is 4.84. The Morgan fingerprint density at radius 3 is 2.48 bits per heavy atom. The number of carbonyl (C=O) groups excluding carboxylic acids is 1. The minimum Gasteiger partial charge on any atom is -0.414 e. The molecule has 5 nitrogen and oxygen atoms in total. The quantitative estimate of drug-likeness (QED) is 0.200. The molecule has 0 aliphatic carbocycles. The van der Waals surface area contributed by atoms with Crippen molar-refractivity contribution in [2.75, 3.05) is 6.54 Å². The maximum Gasteiger partial charge on any atom is 0.192 e. The van der Waals surface area contributed by atoms with E-state index >= 15 is 0 Å². The standard InChI is InChI=1S/C15H29N3O2Si/c1-8-13(19)9-12(2)10-14(11-17-18-16)20-21(6,7)15(3,4)5/h8,12,14H,1,9-11H2,2-7H3/t12-,14-/m1/s1. The number of carbonyl (C=O) groups is 1. The van der Waals surface area contributed by atoms with Crippen molar-refractivity contribution in [3.8, 4) is 0 Å². The molecule has 0 amide bonds. The number of ketones is 1. The molecule has 0 saturated carbocycles. The first-order valence-corrected chi connectivity index (χ1v) is 10.3. The van der Waals surface area contributed by atoms with Crippen LogP contribution < -0.4 is 0 Å². The van der Waals surface area contributed by atoms with Crippen LogP contribution in [0.4, 0.5) is 0 Å². The van der Waals surface area contributed by atoms with Gasteiger partial charge in [0.05, 0.1) is 12.6 Å². The van der Waals surface area contributed by atoms with Gasteiger partial charge in [-0.05, 0) is 42.1 Å². The van der Waals surface area contributed by atoms with Gasteiger partial charge in [-0.3, -0.25) is 4.79 Å². The topological polar surface area (TPSA) is 75.1 Å². The molecule has 0 aromatic carbocycles. The summed E-state index contributed by atoms with van der Waals surface area (Å²) in [6.45, 7) is 16.7. The van der Waals surface area contributed by atoms with Crippen LogP contribution in [0.25, 0.3) is 10.4 Å². The predicted molar refractivity (Wildman–Crippen MR) is 89.7 cm³/mol. The first-order chi connectivity index (χ1) is 9.53. The molecule has 0 aromatic heterocycles. The van der Waals surface area contributed by atoms with E-state index in [1.807, 2.05) is 6.92 Å². The molecule has 120 valence electrons. The van der Waals surface area contributed by atoms with E-state index in [2.05, 4.69) is 50.5 Å². The van der Waals surface area contributed by atoms with Crippen molar-refractivity contribution in [3.63, 3.8) is 0 Å². The van der Waals surface area contributed by atoms with Crippen molar-refractivity contribution in [2.45, 2.75) is 64.8 Å². The van der Waals surface area contributed by atoms with Gasteiger partial charge in [-0.25, -0.2) is 0 Å². The minimum absolute atomic E-state index is 0.0392. The average molecular weight is 312 g/mol. The van der Waals surface area contributed by atoms with Crippen LogP contribution in [0.3, 0.4) is 0 Å². The Hall–Kier alpha value is -1.10. The Bertz CT molecular complexity index is 410. The van der Waals surface area contributed by atoms with Crippen LogP contribution in [0.1, 0.15) is 40.5 Å². The predicted octanol–water partition coefficient (Wildman–Crippen LogP) is 4.86. The monoisotopic (exact) mass is 311 g/mol. The molecule has 0 heterocycles. The van der Waals surface area contributed by atoms with Crippen LogP contribution in [0, 0.1) is 5.92 Å². The fourth-order valence-electron chi connectivity index (χ4n) is 1.84. The van der Waals surface area contributed by atoms with Crippen molar-refractivity contribution in [1.82, 2.24) is 0 Å². The third-order valence-electron chi connectivity index (χ3n) is 4.06. The fourth-order valence-corrected chi connectivity index (χ4v) is 3.20. The second-order valence-electron chi connectivity index (χ2n) is 7.13. The minimum atomic E-state index is -1.92. The van der Waals surface area contributed by atoms with E-state index in [4.69, 9.17) is 9.96 Å². The molecule has 0 radical (unpaired) electrons. The van der Waals surface area contributed by atoms with Gasteiger partial charge in [0.15, 0.2) is 14.1 Å². The fraction of sp³-hybridized carbons (Fsp3) is 0.800. The van der Waals surface area contributed by atoms with Gasteiger partial charge in [0.1, 0.15) is 0 Å². The lowest BCUT2D eigenvalue weighted by Crippen LogP contribution is -2.45. The van der Waals surface area contributed by atoms with E-state index in [0.717, 1.165) is 0 Å². The maximum atomic E-state index is 11.4. The zero-order valence-electron chi connectivity index (χ0n) is 14.2.